The molecule has 188 valence electrons. The molecule has 0 aliphatic carbocycles. The number of methoxy groups -OCH3 is 1. The van der Waals surface area contributed by atoms with Crippen LogP contribution in [0.15, 0.2) is 0 Å². The largest absolute Gasteiger partial charge is 0.469 e. The van der Waals surface area contributed by atoms with Crippen LogP contribution in [0.2, 0.25) is 0 Å². The van der Waals surface area contributed by atoms with Gasteiger partial charge >= 0.3 is 29.8 Å². The molecule has 0 radical (unpaired) electrons. The third-order valence-corrected chi connectivity index (χ3v) is 5.72. The fourth-order valence-electron chi connectivity index (χ4n) is 3.17. The Morgan fingerprint density at radius 2 is 1.33 bits per heavy atom. The number of unbranched alkanes of at least 4 members (excludes halogenated alkanes) is 2. The van der Waals surface area contributed by atoms with Gasteiger partial charge < -0.3 is 28.4 Å². The topological polar surface area (TPSA) is 141 Å². The monoisotopic (exact) mass is 492 g/mol. The van der Waals surface area contributed by atoms with Crippen LogP contribution in [-0.2, 0) is 52.4 Å². The number of hydrogen-bond acceptors (Lipinski definition) is 12. The molecule has 33 heavy (non-hydrogen) atoms. The normalized spacial score (nSPS) is 24.3. The van der Waals surface area contributed by atoms with Gasteiger partial charge in [-0.05, 0) is 18.6 Å². The Bertz CT molecular complexity index is 696. The number of ether oxygens (including phenoxy) is 6. The predicted octanol–water partition coefficient (Wildman–Crippen LogP) is 1.54. The van der Waals surface area contributed by atoms with Crippen LogP contribution in [0.4, 0.5) is 0 Å². The second-order valence-corrected chi connectivity index (χ2v) is 8.53. The van der Waals surface area contributed by atoms with Gasteiger partial charge in [0.05, 0.1) is 7.11 Å². The Labute approximate surface area is 197 Å². The van der Waals surface area contributed by atoms with Gasteiger partial charge in [0.2, 0.25) is 0 Å². The number of carbonyl (C=O) groups excluding carboxylic acids is 5. The van der Waals surface area contributed by atoms with Gasteiger partial charge in [0.25, 0.3) is 0 Å². The molecule has 0 unspecified atom stereocenters. The Morgan fingerprint density at radius 3 is 1.88 bits per heavy atom. The zero-order valence-corrected chi connectivity index (χ0v) is 20.3. The molecule has 0 saturated carbocycles. The van der Waals surface area contributed by atoms with Crippen LogP contribution in [-0.4, -0.2) is 79.2 Å². The Morgan fingerprint density at radius 1 is 0.758 bits per heavy atom. The quantitative estimate of drug-likeness (QED) is 0.222. The summed E-state index contributed by atoms with van der Waals surface area (Å²) >= 11 is 1.31. The van der Waals surface area contributed by atoms with Crippen molar-refractivity contribution in [2.24, 2.45) is 0 Å². The minimum Gasteiger partial charge on any atom is -0.469 e. The molecular formula is C21H32O11S. The van der Waals surface area contributed by atoms with Crippen molar-refractivity contribution in [3.63, 3.8) is 0 Å². The second kappa shape index (κ2) is 14.7. The molecule has 0 aromatic heterocycles. The number of hydrogen-bond donors (Lipinski definition) is 0. The molecule has 1 rings (SSSR count). The van der Waals surface area contributed by atoms with Crippen LogP contribution in [0.3, 0.4) is 0 Å². The van der Waals surface area contributed by atoms with E-state index >= 15 is 0 Å². The Kier molecular flexibility index (Phi) is 12.8. The van der Waals surface area contributed by atoms with E-state index in [1.54, 1.807) is 0 Å². The summed E-state index contributed by atoms with van der Waals surface area (Å²) in [6, 6.07) is 0. The fourth-order valence-corrected chi connectivity index (χ4v) is 4.40. The number of carbonyl (C=O) groups is 5. The minimum absolute atomic E-state index is 0.256. The maximum absolute atomic E-state index is 11.8. The van der Waals surface area contributed by atoms with Crippen LogP contribution in [0.5, 0.6) is 0 Å². The summed E-state index contributed by atoms with van der Waals surface area (Å²) in [5.41, 5.74) is -0.786. The Balaban J connectivity index is 3.00. The van der Waals surface area contributed by atoms with Crippen LogP contribution in [0, 0.1) is 0 Å². The molecule has 0 spiro atoms. The lowest BCUT2D eigenvalue weighted by Crippen LogP contribution is -2.61. The van der Waals surface area contributed by atoms with Crippen LogP contribution in [0.1, 0.15) is 53.4 Å². The highest BCUT2D eigenvalue weighted by atomic mass is 32.2. The second-order valence-electron chi connectivity index (χ2n) is 7.33. The number of thioether (sulfide) groups is 1. The van der Waals surface area contributed by atoms with Gasteiger partial charge in [-0.1, -0.05) is 6.42 Å². The fraction of sp³-hybridized carbons (Fsp3) is 0.762. The van der Waals surface area contributed by atoms with Gasteiger partial charge in [-0.15, -0.1) is 11.8 Å². The summed E-state index contributed by atoms with van der Waals surface area (Å²) < 4.78 is 31.8. The molecule has 1 fully saturated rings. The molecule has 0 bridgehead atoms. The van der Waals surface area contributed by atoms with Crippen LogP contribution in [0.25, 0.3) is 0 Å². The highest BCUT2D eigenvalue weighted by molar-refractivity contribution is 7.99. The van der Waals surface area contributed by atoms with Gasteiger partial charge in [-0.25, -0.2) is 0 Å². The molecule has 1 aliphatic heterocycles. The SMILES string of the molecule is COC(=O)CCCCCS[C@@H]1O[C@H](COC(C)=O)[C@@H](OC(C)=O)[C@H](OC(C)=O)[C@@H]1OC(C)=O. The van der Waals surface area contributed by atoms with E-state index in [4.69, 9.17) is 23.7 Å². The van der Waals surface area contributed by atoms with Crippen molar-refractivity contribution in [1.29, 1.82) is 0 Å². The zero-order valence-electron chi connectivity index (χ0n) is 19.5. The van der Waals surface area contributed by atoms with Gasteiger partial charge in [0, 0.05) is 34.1 Å². The number of rotatable bonds is 12. The third kappa shape index (κ3) is 10.9. The Hall–Kier alpha value is -2.34. The summed E-state index contributed by atoms with van der Waals surface area (Å²) in [6.07, 6.45) is -1.88. The van der Waals surface area contributed by atoms with Gasteiger partial charge in [-0.2, -0.15) is 0 Å². The summed E-state index contributed by atoms with van der Waals surface area (Å²) in [4.78, 5) is 57.8. The molecule has 5 atom stereocenters. The molecule has 1 aliphatic rings. The zero-order chi connectivity index (χ0) is 25.0. The molecular weight excluding hydrogens is 460 g/mol. The van der Waals surface area contributed by atoms with Gasteiger partial charge in [0.1, 0.15) is 18.1 Å². The molecule has 1 saturated heterocycles. The molecule has 0 amide bonds. The summed E-state index contributed by atoms with van der Waals surface area (Å²) in [6.45, 7) is 4.51. The summed E-state index contributed by atoms with van der Waals surface area (Å²) in [7, 11) is 1.34. The molecule has 0 N–H and O–H groups in total. The van der Waals surface area contributed by atoms with Crippen molar-refractivity contribution in [2.75, 3.05) is 19.5 Å². The third-order valence-electron chi connectivity index (χ3n) is 4.48. The van der Waals surface area contributed by atoms with E-state index in [0.717, 1.165) is 12.8 Å². The van der Waals surface area contributed by atoms with Crippen molar-refractivity contribution in [1.82, 2.24) is 0 Å². The van der Waals surface area contributed by atoms with E-state index in [1.165, 1.54) is 46.6 Å². The first kappa shape index (κ1) is 28.7. The summed E-state index contributed by atoms with van der Waals surface area (Å²) in [5.74, 6) is -2.25. The lowest BCUT2D eigenvalue weighted by Gasteiger charge is -2.44. The van der Waals surface area contributed by atoms with E-state index in [-0.39, 0.29) is 12.6 Å². The van der Waals surface area contributed by atoms with E-state index in [9.17, 15) is 24.0 Å². The van der Waals surface area contributed by atoms with Gasteiger partial charge in [0.15, 0.2) is 18.3 Å². The predicted molar refractivity (Wildman–Crippen MR) is 115 cm³/mol. The lowest BCUT2D eigenvalue weighted by molar-refractivity contribution is -0.237. The standard InChI is InChI=1S/C21H32O11S/c1-12(22)28-11-16-18(29-13(2)23)19(30-14(3)24)20(31-15(4)25)21(32-16)33-10-8-6-7-9-17(26)27-5/h16,18-21H,6-11H2,1-5H3/t16-,18-,19+,20+,21+/m1/s1. The molecule has 12 heteroatoms. The van der Waals surface area contributed by atoms with Crippen LogP contribution < -0.4 is 0 Å². The van der Waals surface area contributed by atoms with Crippen molar-refractivity contribution < 1.29 is 52.4 Å². The van der Waals surface area contributed by atoms with E-state index in [1.807, 2.05) is 0 Å². The first-order valence-electron chi connectivity index (χ1n) is 10.5. The molecule has 0 aromatic carbocycles. The van der Waals surface area contributed by atoms with Crippen molar-refractivity contribution in [3.05, 3.63) is 0 Å². The maximum atomic E-state index is 11.8. The van der Waals surface area contributed by atoms with E-state index in [2.05, 4.69) is 4.74 Å². The average Bonchev–Trinajstić information content (AvgIpc) is 2.71. The maximum Gasteiger partial charge on any atom is 0.305 e. The smallest absolute Gasteiger partial charge is 0.305 e. The lowest BCUT2D eigenvalue weighted by atomic mass is 9.99. The van der Waals surface area contributed by atoms with Crippen LogP contribution >= 0.6 is 11.8 Å². The van der Waals surface area contributed by atoms with E-state index < -0.39 is 53.7 Å². The highest BCUT2D eigenvalue weighted by Gasteiger charge is 2.52. The van der Waals surface area contributed by atoms with Crippen molar-refractivity contribution in [3.8, 4) is 0 Å². The highest BCUT2D eigenvalue weighted by Crippen LogP contribution is 2.34. The molecule has 1 heterocycles. The molecule has 11 nitrogen and oxygen atoms in total. The van der Waals surface area contributed by atoms with Crippen molar-refractivity contribution in [2.45, 2.75) is 83.2 Å². The van der Waals surface area contributed by atoms with Crippen molar-refractivity contribution >= 4 is 41.6 Å². The average molecular weight is 493 g/mol. The first-order valence-corrected chi connectivity index (χ1v) is 11.6. The minimum atomic E-state index is -1.17. The van der Waals surface area contributed by atoms with Gasteiger partial charge in [-0.3, -0.25) is 24.0 Å². The van der Waals surface area contributed by atoms with E-state index in [0.29, 0.717) is 18.6 Å². The first-order chi connectivity index (χ1) is 15.5. The number of esters is 5. The summed E-state index contributed by atoms with van der Waals surface area (Å²) in [5, 5.41) is 0. The molecule has 0 aromatic rings.